The Bertz CT molecular complexity index is 374. The van der Waals surface area contributed by atoms with E-state index in [1.807, 2.05) is 13.0 Å². The average molecular weight is 237 g/mol. The monoisotopic (exact) mass is 237 g/mol. The Kier molecular flexibility index (Phi) is 4.13. The highest BCUT2D eigenvalue weighted by molar-refractivity contribution is 5.27. The number of nitrogens with two attached hydrogens (primary N) is 1. The van der Waals surface area contributed by atoms with Gasteiger partial charge in [0.25, 0.3) is 0 Å². The van der Waals surface area contributed by atoms with Crippen LogP contribution in [0.5, 0.6) is 0 Å². The zero-order chi connectivity index (χ0) is 12.3. The fourth-order valence-corrected chi connectivity index (χ4v) is 2.42. The van der Waals surface area contributed by atoms with Crippen LogP contribution in [0.4, 0.5) is 4.39 Å². The van der Waals surface area contributed by atoms with Crippen LogP contribution in [-0.2, 0) is 11.2 Å². The van der Waals surface area contributed by atoms with Crippen LogP contribution in [0.25, 0.3) is 0 Å². The highest BCUT2D eigenvalue weighted by Crippen LogP contribution is 2.21. The lowest BCUT2D eigenvalue weighted by molar-refractivity contribution is 0.0584. The highest BCUT2D eigenvalue weighted by atomic mass is 19.1. The topological polar surface area (TPSA) is 35.2 Å². The molecule has 0 aromatic heterocycles. The van der Waals surface area contributed by atoms with Gasteiger partial charge in [-0.05, 0) is 55.4 Å². The van der Waals surface area contributed by atoms with E-state index in [-0.39, 0.29) is 11.9 Å². The third kappa shape index (κ3) is 3.27. The standard InChI is InChI=1S/C14H20FNO/c1-10-2-3-13(15)8-12(10)9-14(16)11-4-6-17-7-5-11/h2-3,8,11,14H,4-7,9,16H2,1H3. The Morgan fingerprint density at radius 3 is 2.82 bits per heavy atom. The molecule has 1 aliphatic rings. The van der Waals surface area contributed by atoms with Gasteiger partial charge < -0.3 is 10.5 Å². The van der Waals surface area contributed by atoms with Crippen molar-refractivity contribution in [1.29, 1.82) is 0 Å². The first-order chi connectivity index (χ1) is 8.16. The Hall–Kier alpha value is -0.930. The molecule has 17 heavy (non-hydrogen) atoms. The van der Waals surface area contributed by atoms with Crippen LogP contribution >= 0.6 is 0 Å². The summed E-state index contributed by atoms with van der Waals surface area (Å²) in [7, 11) is 0. The van der Waals surface area contributed by atoms with Crippen LogP contribution < -0.4 is 5.73 Å². The van der Waals surface area contributed by atoms with E-state index >= 15 is 0 Å². The molecule has 2 rings (SSSR count). The summed E-state index contributed by atoms with van der Waals surface area (Å²) in [6.07, 6.45) is 2.80. The van der Waals surface area contributed by atoms with Gasteiger partial charge in [0, 0.05) is 19.3 Å². The summed E-state index contributed by atoms with van der Waals surface area (Å²) in [4.78, 5) is 0. The smallest absolute Gasteiger partial charge is 0.123 e. The highest BCUT2D eigenvalue weighted by Gasteiger charge is 2.21. The third-order valence-electron chi connectivity index (χ3n) is 3.64. The van der Waals surface area contributed by atoms with Crippen molar-refractivity contribution in [3.05, 3.63) is 35.1 Å². The number of hydrogen-bond acceptors (Lipinski definition) is 2. The second kappa shape index (κ2) is 5.61. The molecule has 1 aromatic carbocycles. The lowest BCUT2D eigenvalue weighted by Gasteiger charge is -2.28. The zero-order valence-corrected chi connectivity index (χ0v) is 10.3. The molecule has 3 heteroatoms. The first-order valence-electron chi connectivity index (χ1n) is 6.25. The fourth-order valence-electron chi connectivity index (χ4n) is 2.42. The summed E-state index contributed by atoms with van der Waals surface area (Å²) < 4.78 is 18.5. The molecule has 0 amide bonds. The molecule has 1 heterocycles. The lowest BCUT2D eigenvalue weighted by atomic mass is 9.87. The SMILES string of the molecule is Cc1ccc(F)cc1CC(N)C1CCOCC1. The summed E-state index contributed by atoms with van der Waals surface area (Å²) in [5.41, 5.74) is 8.37. The van der Waals surface area contributed by atoms with Gasteiger partial charge in [-0.3, -0.25) is 0 Å². The summed E-state index contributed by atoms with van der Waals surface area (Å²) in [5.74, 6) is 0.330. The van der Waals surface area contributed by atoms with Gasteiger partial charge in [-0.2, -0.15) is 0 Å². The minimum Gasteiger partial charge on any atom is -0.381 e. The summed E-state index contributed by atoms with van der Waals surface area (Å²) in [6.45, 7) is 3.62. The van der Waals surface area contributed by atoms with E-state index < -0.39 is 0 Å². The van der Waals surface area contributed by atoms with E-state index in [4.69, 9.17) is 10.5 Å². The van der Waals surface area contributed by atoms with Crippen molar-refractivity contribution in [1.82, 2.24) is 0 Å². The molecule has 1 unspecified atom stereocenters. The minimum absolute atomic E-state index is 0.111. The Balaban J connectivity index is 2.01. The number of aryl methyl sites for hydroxylation is 1. The number of rotatable bonds is 3. The average Bonchev–Trinajstić information content (AvgIpc) is 2.35. The van der Waals surface area contributed by atoms with Crippen molar-refractivity contribution in [2.24, 2.45) is 11.7 Å². The molecule has 1 aliphatic heterocycles. The molecule has 0 saturated carbocycles. The summed E-state index contributed by atoms with van der Waals surface area (Å²) in [5, 5.41) is 0. The van der Waals surface area contributed by atoms with E-state index in [1.54, 1.807) is 6.07 Å². The molecule has 1 fully saturated rings. The molecule has 0 radical (unpaired) electrons. The molecular weight excluding hydrogens is 217 g/mol. The largest absolute Gasteiger partial charge is 0.381 e. The summed E-state index contributed by atoms with van der Waals surface area (Å²) in [6, 6.07) is 5.04. The molecule has 0 spiro atoms. The van der Waals surface area contributed by atoms with Crippen LogP contribution in [0.1, 0.15) is 24.0 Å². The van der Waals surface area contributed by atoms with E-state index in [0.717, 1.165) is 43.6 Å². The predicted molar refractivity (Wildman–Crippen MR) is 66.4 cm³/mol. The zero-order valence-electron chi connectivity index (χ0n) is 10.3. The number of hydrogen-bond donors (Lipinski definition) is 1. The Morgan fingerprint density at radius 1 is 1.41 bits per heavy atom. The van der Waals surface area contributed by atoms with Crippen LogP contribution in [-0.4, -0.2) is 19.3 Å². The van der Waals surface area contributed by atoms with Crippen LogP contribution in [0.15, 0.2) is 18.2 Å². The molecule has 2 N–H and O–H groups in total. The van der Waals surface area contributed by atoms with Gasteiger partial charge in [-0.25, -0.2) is 4.39 Å². The number of benzene rings is 1. The second-order valence-corrected chi connectivity index (χ2v) is 4.89. The van der Waals surface area contributed by atoms with Crippen LogP contribution in [0.2, 0.25) is 0 Å². The van der Waals surface area contributed by atoms with Crippen LogP contribution in [0, 0.1) is 18.7 Å². The Morgan fingerprint density at radius 2 is 2.12 bits per heavy atom. The van der Waals surface area contributed by atoms with E-state index in [9.17, 15) is 4.39 Å². The van der Waals surface area contributed by atoms with Crippen molar-refractivity contribution in [2.75, 3.05) is 13.2 Å². The normalized spacial score (nSPS) is 19.2. The molecule has 1 saturated heterocycles. The van der Waals surface area contributed by atoms with Crippen molar-refractivity contribution in [3.8, 4) is 0 Å². The van der Waals surface area contributed by atoms with Gasteiger partial charge in [-0.15, -0.1) is 0 Å². The number of ether oxygens (including phenoxy) is 1. The van der Waals surface area contributed by atoms with Gasteiger partial charge in [0.1, 0.15) is 5.82 Å². The molecule has 2 nitrogen and oxygen atoms in total. The van der Waals surface area contributed by atoms with E-state index in [2.05, 4.69) is 0 Å². The first kappa shape index (κ1) is 12.5. The van der Waals surface area contributed by atoms with Crippen molar-refractivity contribution in [3.63, 3.8) is 0 Å². The molecule has 0 bridgehead atoms. The fraction of sp³-hybridized carbons (Fsp3) is 0.571. The van der Waals surface area contributed by atoms with Crippen molar-refractivity contribution >= 4 is 0 Å². The number of halogens is 1. The molecule has 1 atom stereocenters. The maximum absolute atomic E-state index is 13.2. The first-order valence-corrected chi connectivity index (χ1v) is 6.25. The van der Waals surface area contributed by atoms with Crippen molar-refractivity contribution in [2.45, 2.75) is 32.2 Å². The molecular formula is C14H20FNO. The molecule has 94 valence electrons. The Labute approximate surface area is 102 Å². The van der Waals surface area contributed by atoms with Crippen LogP contribution in [0.3, 0.4) is 0 Å². The third-order valence-corrected chi connectivity index (χ3v) is 3.64. The van der Waals surface area contributed by atoms with Gasteiger partial charge in [0.2, 0.25) is 0 Å². The van der Waals surface area contributed by atoms with Crippen molar-refractivity contribution < 1.29 is 9.13 Å². The molecule has 0 aliphatic carbocycles. The maximum atomic E-state index is 13.2. The van der Waals surface area contributed by atoms with Gasteiger partial charge in [-0.1, -0.05) is 6.07 Å². The van der Waals surface area contributed by atoms with E-state index in [0.29, 0.717) is 5.92 Å². The maximum Gasteiger partial charge on any atom is 0.123 e. The summed E-state index contributed by atoms with van der Waals surface area (Å²) >= 11 is 0. The van der Waals surface area contributed by atoms with E-state index in [1.165, 1.54) is 6.07 Å². The second-order valence-electron chi connectivity index (χ2n) is 4.89. The molecule has 1 aromatic rings. The van der Waals surface area contributed by atoms with Gasteiger partial charge >= 0.3 is 0 Å². The minimum atomic E-state index is -0.176. The quantitative estimate of drug-likeness (QED) is 0.876. The van der Waals surface area contributed by atoms with Gasteiger partial charge in [0.05, 0.1) is 0 Å². The van der Waals surface area contributed by atoms with Gasteiger partial charge in [0.15, 0.2) is 0 Å². The predicted octanol–water partition coefficient (Wildman–Crippen LogP) is 2.43. The lowest BCUT2D eigenvalue weighted by Crippen LogP contribution is -2.36.